The first kappa shape index (κ1) is 31.4. The van der Waals surface area contributed by atoms with Crippen molar-refractivity contribution in [3.05, 3.63) is 77.4 Å². The summed E-state index contributed by atoms with van der Waals surface area (Å²) in [5.74, 6) is 0.464. The summed E-state index contributed by atoms with van der Waals surface area (Å²) in [6, 6.07) is 24.2. The Hall–Kier alpha value is -1.57. The molecule has 0 spiro atoms. The van der Waals surface area contributed by atoms with Crippen LogP contribution in [-0.4, -0.2) is 11.3 Å². The average molecular weight is 469 g/mol. The molecule has 2 aliphatic carbocycles. The van der Waals surface area contributed by atoms with Crippen molar-refractivity contribution in [2.75, 3.05) is 0 Å². The van der Waals surface area contributed by atoms with Gasteiger partial charge in [0, 0.05) is 12.8 Å². The van der Waals surface area contributed by atoms with E-state index in [1.54, 1.807) is 0 Å². The number of nitriles is 2. The maximum Gasteiger partial charge on any atom is 1.00 e. The molecule has 0 amide bonds. The van der Waals surface area contributed by atoms with Crippen LogP contribution in [0.4, 0.5) is 0 Å². The first-order valence-electron chi connectivity index (χ1n) is 11.3. The van der Waals surface area contributed by atoms with Crippen LogP contribution in [0.2, 0.25) is 0 Å². The van der Waals surface area contributed by atoms with Crippen LogP contribution in [0.15, 0.2) is 66.2 Å². The van der Waals surface area contributed by atoms with Gasteiger partial charge < -0.3 is 5.48 Å². The zero-order chi connectivity index (χ0) is 22.2. The van der Waals surface area contributed by atoms with Crippen LogP contribution in [0.1, 0.15) is 75.3 Å². The van der Waals surface area contributed by atoms with Crippen LogP contribution < -0.4 is 51.4 Å². The van der Waals surface area contributed by atoms with Gasteiger partial charge in [-0.3, -0.25) is 4.79 Å². The van der Waals surface area contributed by atoms with Gasteiger partial charge in [-0.2, -0.15) is 10.5 Å². The van der Waals surface area contributed by atoms with Crippen LogP contribution in [0.5, 0.6) is 0 Å². The smallest absolute Gasteiger partial charge is 0.870 e. The number of hydrogen-bond acceptors (Lipinski definition) is 4. The second-order valence-corrected chi connectivity index (χ2v) is 7.94. The molecule has 1 N–H and O–H groups in total. The molecule has 0 aliphatic heterocycles. The number of carbonyl (C=O) groups excluding carboxylic acids is 1. The van der Waals surface area contributed by atoms with Gasteiger partial charge in [-0.05, 0) is 49.7 Å². The Balaban J connectivity index is 0.000000491. The molecular formula is C28H33KN2O2. The van der Waals surface area contributed by atoms with Gasteiger partial charge in [-0.15, -0.1) is 0 Å². The summed E-state index contributed by atoms with van der Waals surface area (Å²) in [6.07, 6.45) is 11.8. The molecule has 2 fully saturated rings. The third-order valence-corrected chi connectivity index (χ3v) is 5.52. The fourth-order valence-corrected chi connectivity index (χ4v) is 3.81. The van der Waals surface area contributed by atoms with Crippen LogP contribution in [-0.2, 0) is 11.2 Å². The van der Waals surface area contributed by atoms with E-state index in [1.165, 1.54) is 31.3 Å². The molecule has 5 heteroatoms. The van der Waals surface area contributed by atoms with Gasteiger partial charge in [-0.25, -0.2) is 0 Å². The van der Waals surface area contributed by atoms with Crippen LogP contribution in [0.25, 0.3) is 5.57 Å². The second kappa shape index (κ2) is 19.9. The van der Waals surface area contributed by atoms with E-state index in [4.69, 9.17) is 5.26 Å². The van der Waals surface area contributed by atoms with E-state index < -0.39 is 0 Å². The van der Waals surface area contributed by atoms with E-state index in [0.29, 0.717) is 12.2 Å². The Morgan fingerprint density at radius 3 is 1.64 bits per heavy atom. The number of benzene rings is 2. The molecule has 4 rings (SSSR count). The van der Waals surface area contributed by atoms with Crippen molar-refractivity contribution in [1.29, 1.82) is 10.5 Å². The summed E-state index contributed by atoms with van der Waals surface area (Å²) in [6.45, 7) is 0. The van der Waals surface area contributed by atoms with Gasteiger partial charge in [0.25, 0.3) is 0 Å². The van der Waals surface area contributed by atoms with Crippen LogP contribution in [0, 0.1) is 22.7 Å². The molecule has 0 bridgehead atoms. The van der Waals surface area contributed by atoms with E-state index in [-0.39, 0.29) is 56.9 Å². The molecule has 0 radical (unpaired) electrons. The molecule has 0 unspecified atom stereocenters. The summed E-state index contributed by atoms with van der Waals surface area (Å²) >= 11 is 0. The maximum atomic E-state index is 10.5. The van der Waals surface area contributed by atoms with Gasteiger partial charge in [0.2, 0.25) is 0 Å². The predicted molar refractivity (Wildman–Crippen MR) is 128 cm³/mol. The van der Waals surface area contributed by atoms with Crippen molar-refractivity contribution in [3.8, 4) is 12.1 Å². The van der Waals surface area contributed by atoms with Crippen molar-refractivity contribution < 1.29 is 61.7 Å². The maximum absolute atomic E-state index is 10.5. The van der Waals surface area contributed by atoms with E-state index in [0.717, 1.165) is 55.2 Å². The zero-order valence-electron chi connectivity index (χ0n) is 19.8. The Morgan fingerprint density at radius 1 is 0.727 bits per heavy atom. The Morgan fingerprint density at radius 2 is 1.21 bits per heavy atom. The van der Waals surface area contributed by atoms with Crippen molar-refractivity contribution >= 4 is 11.4 Å². The van der Waals surface area contributed by atoms with Gasteiger partial charge in [0.1, 0.15) is 5.78 Å². The number of allylic oxidation sites excluding steroid dienone is 2. The number of ketones is 1. The zero-order valence-corrected chi connectivity index (χ0v) is 22.9. The molecule has 0 atom stereocenters. The summed E-state index contributed by atoms with van der Waals surface area (Å²) < 4.78 is 0. The van der Waals surface area contributed by atoms with Gasteiger partial charge in [0.05, 0.1) is 24.1 Å². The molecule has 2 saturated carbocycles. The first-order valence-corrected chi connectivity index (χ1v) is 11.3. The molecule has 33 heavy (non-hydrogen) atoms. The minimum absolute atomic E-state index is 0. The van der Waals surface area contributed by atoms with Crippen molar-refractivity contribution in [2.24, 2.45) is 0 Å². The molecule has 168 valence electrons. The van der Waals surface area contributed by atoms with E-state index in [1.807, 2.05) is 60.7 Å². The molecule has 4 nitrogen and oxygen atoms in total. The SMILES string of the molecule is N#CC(=C1CCCCC1)c1ccccc1.N#CCc1ccccc1.O=C1CCCCC1.[K+].[OH-]. The minimum Gasteiger partial charge on any atom is -0.870 e. The second-order valence-electron chi connectivity index (χ2n) is 7.94. The van der Waals surface area contributed by atoms with Crippen molar-refractivity contribution in [2.45, 2.75) is 70.6 Å². The van der Waals surface area contributed by atoms with Gasteiger partial charge in [0.15, 0.2) is 0 Å². The average Bonchev–Trinajstić information content (AvgIpc) is 2.83. The Bertz CT molecular complexity index is 896. The topological polar surface area (TPSA) is 94.7 Å². The van der Waals surface area contributed by atoms with E-state index in [2.05, 4.69) is 12.1 Å². The molecule has 2 aromatic rings. The number of carbonyl (C=O) groups is 1. The van der Waals surface area contributed by atoms with Crippen molar-refractivity contribution in [1.82, 2.24) is 0 Å². The quantitative estimate of drug-likeness (QED) is 0.491. The molecular weight excluding hydrogens is 435 g/mol. The largest absolute Gasteiger partial charge is 1.00 e. The number of Topliss-reactive ketones (excluding diaryl/α,β-unsaturated/α-hetero) is 1. The third kappa shape index (κ3) is 13.0. The number of nitrogens with zero attached hydrogens (tertiary/aromatic N) is 2. The van der Waals surface area contributed by atoms with Crippen LogP contribution >= 0.6 is 0 Å². The van der Waals surface area contributed by atoms with E-state index >= 15 is 0 Å². The molecule has 0 heterocycles. The van der Waals surface area contributed by atoms with Gasteiger partial charge in [-0.1, -0.05) is 79.1 Å². The monoisotopic (exact) mass is 468 g/mol. The molecule has 0 saturated heterocycles. The summed E-state index contributed by atoms with van der Waals surface area (Å²) in [5, 5.41) is 17.5. The standard InChI is InChI=1S/C14H15N.C8H7N.C6H10O.K.H2O/c15-11-14(12-7-3-1-4-8-12)13-9-5-2-6-10-13;9-7-6-8-4-2-1-3-5-8;7-6-4-2-1-3-5-6;;/h1,3-4,7-8H,2,5-6,9-10H2;1-5H,6H2;1-5H2;;1H2/q;;;+1;/p-1. The summed E-state index contributed by atoms with van der Waals surface area (Å²) in [4.78, 5) is 10.5. The summed E-state index contributed by atoms with van der Waals surface area (Å²) in [5.41, 5.74) is 4.43. The third-order valence-electron chi connectivity index (χ3n) is 5.52. The molecule has 2 aliphatic rings. The van der Waals surface area contributed by atoms with Crippen LogP contribution in [0.3, 0.4) is 0 Å². The number of hydrogen-bond donors (Lipinski definition) is 0. The van der Waals surface area contributed by atoms with Crippen molar-refractivity contribution in [3.63, 3.8) is 0 Å². The minimum atomic E-state index is 0. The summed E-state index contributed by atoms with van der Waals surface area (Å²) in [7, 11) is 0. The number of rotatable bonds is 2. The first-order chi connectivity index (χ1) is 15.2. The van der Waals surface area contributed by atoms with E-state index in [9.17, 15) is 10.1 Å². The normalized spacial score (nSPS) is 14.2. The Labute approximate surface area is 241 Å². The molecule has 2 aromatic carbocycles. The Kier molecular flexibility index (Phi) is 18.9. The fourth-order valence-electron chi connectivity index (χ4n) is 3.81. The fraction of sp³-hybridized carbons (Fsp3) is 0.393. The predicted octanol–water partition coefficient (Wildman–Crippen LogP) is 4.03. The molecule has 0 aromatic heterocycles. The van der Waals surface area contributed by atoms with Gasteiger partial charge >= 0.3 is 51.4 Å².